The molecule has 1 aromatic rings. The van der Waals surface area contributed by atoms with E-state index in [0.717, 1.165) is 29.6 Å². The summed E-state index contributed by atoms with van der Waals surface area (Å²) < 4.78 is 39.6. The van der Waals surface area contributed by atoms with Gasteiger partial charge < -0.3 is 14.8 Å². The average Bonchev–Trinajstić information content (AvgIpc) is 2.34. The van der Waals surface area contributed by atoms with Crippen molar-refractivity contribution >= 4 is 16.0 Å². The van der Waals surface area contributed by atoms with Crippen molar-refractivity contribution in [2.24, 2.45) is 0 Å². The van der Waals surface area contributed by atoms with E-state index in [0.29, 0.717) is 6.42 Å². The van der Waals surface area contributed by atoms with Crippen molar-refractivity contribution in [2.45, 2.75) is 11.3 Å². The zero-order chi connectivity index (χ0) is 15.3. The molecule has 0 heterocycles. The highest BCUT2D eigenvalue weighted by atomic mass is 32.2. The van der Waals surface area contributed by atoms with E-state index in [1.165, 1.54) is 0 Å². The van der Waals surface area contributed by atoms with Gasteiger partial charge in [0.25, 0.3) is 0 Å². The Morgan fingerprint density at radius 1 is 1.40 bits per heavy atom. The Morgan fingerprint density at radius 3 is 2.60 bits per heavy atom. The lowest BCUT2D eigenvalue weighted by Gasteiger charge is -2.11. The fraction of sp³-hybridized carbons (Fsp3) is 0.417. The van der Waals surface area contributed by atoms with E-state index in [1.54, 1.807) is 0 Å². The standard InChI is InChI=1S/C12H17FN2O4S/c1-15(2)7-3-6-14-20(18,19)11-8-9(12(16)17)4-5-10(11)13/h4-5,8,14H,3,6-7H2,1-2H3,(H,16,17). The first-order valence-corrected chi connectivity index (χ1v) is 7.52. The molecule has 0 aromatic heterocycles. The van der Waals surface area contributed by atoms with Crippen LogP contribution < -0.4 is 14.7 Å². The molecule has 2 N–H and O–H groups in total. The van der Waals surface area contributed by atoms with E-state index < -0.39 is 26.7 Å². The molecule has 0 atom stereocenters. The van der Waals surface area contributed by atoms with Gasteiger partial charge in [0.15, 0.2) is 0 Å². The number of aromatic carboxylic acids is 1. The van der Waals surface area contributed by atoms with Crippen molar-refractivity contribution in [3.8, 4) is 0 Å². The summed E-state index contributed by atoms with van der Waals surface area (Å²) in [7, 11) is -0.214. The first kappa shape index (κ1) is 16.5. The molecule has 0 aliphatic rings. The predicted octanol–water partition coefficient (Wildman–Crippen LogP) is -2.00. The minimum atomic E-state index is -4.07. The van der Waals surface area contributed by atoms with Crippen molar-refractivity contribution in [3.63, 3.8) is 0 Å². The zero-order valence-electron chi connectivity index (χ0n) is 11.3. The van der Waals surface area contributed by atoms with Crippen LogP contribution in [0.3, 0.4) is 0 Å². The lowest BCUT2D eigenvalue weighted by atomic mass is 10.2. The average molecular weight is 304 g/mol. The van der Waals surface area contributed by atoms with Crippen LogP contribution in [0.2, 0.25) is 0 Å². The van der Waals surface area contributed by atoms with Crippen LogP contribution in [0.25, 0.3) is 0 Å². The van der Waals surface area contributed by atoms with Crippen molar-refractivity contribution < 1.29 is 27.6 Å². The number of benzene rings is 1. The number of carboxylic acids is 1. The van der Waals surface area contributed by atoms with Gasteiger partial charge in [-0.25, -0.2) is 17.5 Å². The highest BCUT2D eigenvalue weighted by Gasteiger charge is 2.19. The van der Waals surface area contributed by atoms with Gasteiger partial charge in [-0.2, -0.15) is 0 Å². The molecule has 112 valence electrons. The minimum Gasteiger partial charge on any atom is -0.545 e. The third-order valence-electron chi connectivity index (χ3n) is 2.60. The van der Waals surface area contributed by atoms with Gasteiger partial charge >= 0.3 is 0 Å². The topological polar surface area (TPSA) is 90.7 Å². The van der Waals surface area contributed by atoms with Crippen molar-refractivity contribution in [1.82, 2.24) is 4.72 Å². The van der Waals surface area contributed by atoms with E-state index in [1.807, 2.05) is 14.1 Å². The Kier molecular flexibility index (Phi) is 5.61. The number of sulfonamides is 1. The van der Waals surface area contributed by atoms with E-state index in [-0.39, 0.29) is 12.1 Å². The maximum atomic E-state index is 13.5. The zero-order valence-corrected chi connectivity index (χ0v) is 12.1. The van der Waals surface area contributed by atoms with Gasteiger partial charge in [0.05, 0.1) is 26.6 Å². The molecule has 0 aliphatic heterocycles. The largest absolute Gasteiger partial charge is 0.545 e. The van der Waals surface area contributed by atoms with Crippen LogP contribution in [-0.4, -0.2) is 41.6 Å². The summed E-state index contributed by atoms with van der Waals surface area (Å²) in [5.41, 5.74) is -0.385. The van der Waals surface area contributed by atoms with Gasteiger partial charge in [-0.3, -0.25) is 0 Å². The molecule has 0 amide bonds. The molecule has 6 nitrogen and oxygen atoms in total. The molecule has 0 saturated carbocycles. The molecule has 0 bridgehead atoms. The van der Waals surface area contributed by atoms with Gasteiger partial charge in [-0.1, -0.05) is 6.07 Å². The molecular weight excluding hydrogens is 287 g/mol. The third kappa shape index (κ3) is 4.55. The van der Waals surface area contributed by atoms with Crippen molar-refractivity contribution in [1.29, 1.82) is 0 Å². The summed E-state index contributed by atoms with van der Waals surface area (Å²) in [4.78, 5) is 11.2. The minimum absolute atomic E-state index is 0.155. The van der Waals surface area contributed by atoms with Crippen LogP contribution in [0.5, 0.6) is 0 Å². The number of rotatable bonds is 7. The number of quaternary nitrogens is 1. The molecule has 0 fully saturated rings. The van der Waals surface area contributed by atoms with Crippen LogP contribution in [0.15, 0.2) is 23.1 Å². The van der Waals surface area contributed by atoms with Crippen molar-refractivity contribution in [3.05, 3.63) is 29.6 Å². The Morgan fingerprint density at radius 2 is 2.05 bits per heavy atom. The number of hydrogen-bond acceptors (Lipinski definition) is 4. The predicted molar refractivity (Wildman–Crippen MR) is 68.2 cm³/mol. The van der Waals surface area contributed by atoms with Gasteiger partial charge in [-0.15, -0.1) is 0 Å². The van der Waals surface area contributed by atoms with Gasteiger partial charge in [0, 0.05) is 13.0 Å². The second kappa shape index (κ2) is 6.78. The maximum absolute atomic E-state index is 13.5. The highest BCUT2D eigenvalue weighted by molar-refractivity contribution is 7.89. The summed E-state index contributed by atoms with van der Waals surface area (Å²) >= 11 is 0. The quantitative estimate of drug-likeness (QED) is 0.570. The number of carboxylic acid groups (broad SMARTS) is 1. The van der Waals surface area contributed by atoms with E-state index >= 15 is 0 Å². The highest BCUT2D eigenvalue weighted by Crippen LogP contribution is 2.16. The molecule has 0 unspecified atom stereocenters. The van der Waals surface area contributed by atoms with Crippen LogP contribution in [0.1, 0.15) is 16.8 Å². The van der Waals surface area contributed by atoms with Crippen molar-refractivity contribution in [2.75, 3.05) is 27.2 Å². The normalized spacial score (nSPS) is 11.8. The van der Waals surface area contributed by atoms with Crippen LogP contribution in [-0.2, 0) is 10.0 Å². The molecule has 8 heteroatoms. The molecular formula is C12H17FN2O4S. The van der Waals surface area contributed by atoms with E-state index in [9.17, 15) is 22.7 Å². The lowest BCUT2D eigenvalue weighted by Crippen LogP contribution is -3.05. The summed E-state index contributed by atoms with van der Waals surface area (Å²) in [6, 6.07) is 2.51. The summed E-state index contributed by atoms with van der Waals surface area (Å²) in [5.74, 6) is -2.56. The molecule has 0 radical (unpaired) electrons. The fourth-order valence-corrected chi connectivity index (χ4v) is 2.74. The number of hydrogen-bond donors (Lipinski definition) is 2. The molecule has 1 aromatic carbocycles. The molecule has 20 heavy (non-hydrogen) atoms. The third-order valence-corrected chi connectivity index (χ3v) is 4.08. The fourth-order valence-electron chi connectivity index (χ4n) is 1.56. The summed E-state index contributed by atoms with van der Waals surface area (Å²) in [6.45, 7) is 0.909. The number of halogens is 1. The second-order valence-corrected chi connectivity index (χ2v) is 6.38. The first-order valence-electron chi connectivity index (χ1n) is 6.03. The molecule has 1 rings (SSSR count). The van der Waals surface area contributed by atoms with Crippen LogP contribution >= 0.6 is 0 Å². The SMILES string of the molecule is C[NH+](C)CCCNS(=O)(=O)c1cc(C(=O)[O-])ccc1F. The monoisotopic (exact) mass is 304 g/mol. The number of carbonyl (C=O) groups excluding carboxylic acids is 1. The Hall–Kier alpha value is -1.51. The van der Waals surface area contributed by atoms with Gasteiger partial charge in [-0.05, 0) is 17.7 Å². The van der Waals surface area contributed by atoms with Crippen LogP contribution in [0.4, 0.5) is 4.39 Å². The first-order chi connectivity index (χ1) is 9.24. The Balaban J connectivity index is 2.86. The number of nitrogens with one attached hydrogen (secondary N) is 2. The number of carbonyl (C=O) groups is 1. The molecule has 0 aliphatic carbocycles. The molecule has 0 spiro atoms. The van der Waals surface area contributed by atoms with Gasteiger partial charge in [0.1, 0.15) is 10.7 Å². The summed E-state index contributed by atoms with van der Waals surface area (Å²) in [5, 5.41) is 10.7. The Bertz CT molecular complexity index is 587. The molecule has 0 saturated heterocycles. The van der Waals surface area contributed by atoms with E-state index in [4.69, 9.17) is 0 Å². The summed E-state index contributed by atoms with van der Waals surface area (Å²) in [6.07, 6.45) is 0.587. The Labute approximate surface area is 117 Å². The van der Waals surface area contributed by atoms with E-state index in [2.05, 4.69) is 4.72 Å². The second-order valence-electron chi connectivity index (χ2n) is 4.64. The maximum Gasteiger partial charge on any atom is 0.243 e. The van der Waals surface area contributed by atoms with Gasteiger partial charge in [0.2, 0.25) is 10.0 Å². The smallest absolute Gasteiger partial charge is 0.243 e. The van der Waals surface area contributed by atoms with Crippen LogP contribution in [0, 0.1) is 5.82 Å². The lowest BCUT2D eigenvalue weighted by molar-refractivity contribution is -0.858.